The largest absolute Gasteiger partial charge is 0.378 e. The van der Waals surface area contributed by atoms with Gasteiger partial charge in [0.25, 0.3) is 0 Å². The number of benzene rings is 1. The SMILES string of the molecule is CCOC1CC(CC(=O)c2c(F)ccc(Br)c2F)C1. The molecule has 0 bridgehead atoms. The van der Waals surface area contributed by atoms with Crippen molar-refractivity contribution < 1.29 is 18.3 Å². The summed E-state index contributed by atoms with van der Waals surface area (Å²) >= 11 is 2.96. The Morgan fingerprint density at radius 3 is 2.74 bits per heavy atom. The van der Waals surface area contributed by atoms with Crippen LogP contribution < -0.4 is 0 Å². The molecule has 0 N–H and O–H groups in total. The van der Waals surface area contributed by atoms with Crippen LogP contribution in [0.4, 0.5) is 8.78 Å². The molecule has 2 rings (SSSR count). The highest BCUT2D eigenvalue weighted by Crippen LogP contribution is 2.34. The number of Topliss-reactive ketones (excluding diaryl/α,β-unsaturated/α-hetero) is 1. The van der Waals surface area contributed by atoms with Crippen LogP contribution in [0.15, 0.2) is 16.6 Å². The molecule has 0 heterocycles. The van der Waals surface area contributed by atoms with Gasteiger partial charge < -0.3 is 4.74 Å². The van der Waals surface area contributed by atoms with E-state index in [1.807, 2.05) is 6.92 Å². The summed E-state index contributed by atoms with van der Waals surface area (Å²) in [6.07, 6.45) is 1.95. The van der Waals surface area contributed by atoms with Crippen LogP contribution in [0.2, 0.25) is 0 Å². The van der Waals surface area contributed by atoms with Crippen LogP contribution >= 0.6 is 15.9 Å². The second-order valence-corrected chi connectivity index (χ2v) is 5.61. The van der Waals surface area contributed by atoms with Crippen LogP contribution in [0, 0.1) is 17.6 Å². The molecule has 1 aromatic carbocycles. The molecule has 5 heteroatoms. The molecule has 0 unspecified atom stereocenters. The summed E-state index contributed by atoms with van der Waals surface area (Å²) in [5, 5.41) is 0. The van der Waals surface area contributed by atoms with Gasteiger partial charge in [-0.3, -0.25) is 4.79 Å². The normalized spacial score (nSPS) is 22.1. The fourth-order valence-electron chi connectivity index (χ4n) is 2.36. The van der Waals surface area contributed by atoms with E-state index in [1.165, 1.54) is 6.07 Å². The lowest BCUT2D eigenvalue weighted by Gasteiger charge is -2.34. The molecule has 104 valence electrons. The number of halogens is 3. The number of hydrogen-bond acceptors (Lipinski definition) is 2. The van der Waals surface area contributed by atoms with Crippen molar-refractivity contribution in [1.29, 1.82) is 0 Å². The minimum absolute atomic E-state index is 0.109. The minimum atomic E-state index is -0.814. The standard InChI is InChI=1S/C14H15BrF2O2/c1-2-19-9-5-8(6-9)7-12(18)13-11(16)4-3-10(15)14(13)17/h3-4,8-9H,2,5-7H2,1H3. The lowest BCUT2D eigenvalue weighted by molar-refractivity contribution is -0.0246. The number of ketones is 1. The van der Waals surface area contributed by atoms with Crippen molar-refractivity contribution in [1.82, 2.24) is 0 Å². The molecule has 1 fully saturated rings. The Bertz CT molecular complexity index is 485. The second-order valence-electron chi connectivity index (χ2n) is 4.76. The highest BCUT2D eigenvalue weighted by Gasteiger charge is 2.32. The quantitative estimate of drug-likeness (QED) is 0.599. The summed E-state index contributed by atoms with van der Waals surface area (Å²) < 4.78 is 32.8. The zero-order valence-electron chi connectivity index (χ0n) is 10.6. The third kappa shape index (κ3) is 3.20. The molecule has 1 saturated carbocycles. The summed E-state index contributed by atoms with van der Waals surface area (Å²) in [5.41, 5.74) is -0.436. The summed E-state index contributed by atoms with van der Waals surface area (Å²) in [4.78, 5) is 12.0. The number of rotatable bonds is 5. The zero-order chi connectivity index (χ0) is 14.0. The van der Waals surface area contributed by atoms with Gasteiger partial charge in [-0.25, -0.2) is 8.78 Å². The summed E-state index contributed by atoms with van der Waals surface area (Å²) in [5.74, 6) is -1.92. The van der Waals surface area contributed by atoms with Crippen molar-refractivity contribution in [2.24, 2.45) is 5.92 Å². The number of hydrogen-bond donors (Lipinski definition) is 0. The predicted octanol–water partition coefficient (Wildman–Crippen LogP) is 4.12. The lowest BCUT2D eigenvalue weighted by Crippen LogP contribution is -2.33. The molecule has 1 aromatic rings. The van der Waals surface area contributed by atoms with E-state index in [-0.39, 0.29) is 22.9 Å². The first-order valence-corrected chi connectivity index (χ1v) is 7.10. The fourth-order valence-corrected chi connectivity index (χ4v) is 2.69. The Balaban J connectivity index is 2.00. The van der Waals surface area contributed by atoms with Crippen molar-refractivity contribution in [2.75, 3.05) is 6.61 Å². The van der Waals surface area contributed by atoms with Gasteiger partial charge in [0.15, 0.2) is 11.6 Å². The first-order valence-electron chi connectivity index (χ1n) is 6.31. The molecular formula is C14H15BrF2O2. The van der Waals surface area contributed by atoms with Gasteiger partial charge in [-0.05, 0) is 53.7 Å². The number of carbonyl (C=O) groups excluding carboxylic acids is 1. The molecule has 0 saturated heterocycles. The summed E-state index contributed by atoms with van der Waals surface area (Å²) in [6, 6.07) is 2.36. The van der Waals surface area contributed by atoms with E-state index in [0.717, 1.165) is 18.9 Å². The Hall–Kier alpha value is -0.810. The van der Waals surface area contributed by atoms with Gasteiger partial charge in [-0.15, -0.1) is 0 Å². The van der Waals surface area contributed by atoms with Crippen molar-refractivity contribution in [2.45, 2.75) is 32.3 Å². The van der Waals surface area contributed by atoms with Gasteiger partial charge in [-0.1, -0.05) is 0 Å². The van der Waals surface area contributed by atoms with E-state index < -0.39 is 23.0 Å². The summed E-state index contributed by atoms with van der Waals surface area (Å²) in [7, 11) is 0. The Morgan fingerprint density at radius 2 is 2.11 bits per heavy atom. The highest BCUT2D eigenvalue weighted by molar-refractivity contribution is 9.10. The zero-order valence-corrected chi connectivity index (χ0v) is 12.2. The molecule has 1 aliphatic rings. The Kier molecular flexibility index (Phi) is 4.68. The molecule has 0 spiro atoms. The first-order chi connectivity index (χ1) is 9.02. The topological polar surface area (TPSA) is 26.3 Å². The molecule has 19 heavy (non-hydrogen) atoms. The van der Waals surface area contributed by atoms with Crippen molar-refractivity contribution in [3.63, 3.8) is 0 Å². The van der Waals surface area contributed by atoms with Crippen molar-refractivity contribution >= 4 is 21.7 Å². The molecule has 2 nitrogen and oxygen atoms in total. The molecule has 0 atom stereocenters. The smallest absolute Gasteiger partial charge is 0.169 e. The molecular weight excluding hydrogens is 318 g/mol. The molecule has 0 amide bonds. The first kappa shape index (κ1) is 14.6. The van der Waals surface area contributed by atoms with Crippen LogP contribution in [-0.2, 0) is 4.74 Å². The highest BCUT2D eigenvalue weighted by atomic mass is 79.9. The molecule has 1 aliphatic carbocycles. The van der Waals surface area contributed by atoms with E-state index in [0.29, 0.717) is 6.61 Å². The molecule has 0 aromatic heterocycles. The minimum Gasteiger partial charge on any atom is -0.378 e. The third-order valence-corrected chi connectivity index (χ3v) is 4.00. The van der Waals surface area contributed by atoms with Crippen LogP contribution in [0.1, 0.15) is 36.5 Å². The van der Waals surface area contributed by atoms with Gasteiger partial charge in [0.2, 0.25) is 0 Å². The van der Waals surface area contributed by atoms with Gasteiger partial charge >= 0.3 is 0 Å². The molecule has 0 radical (unpaired) electrons. The van der Waals surface area contributed by atoms with Crippen molar-refractivity contribution in [3.05, 3.63) is 33.8 Å². The maximum Gasteiger partial charge on any atom is 0.169 e. The number of carbonyl (C=O) groups is 1. The second kappa shape index (κ2) is 6.09. The summed E-state index contributed by atoms with van der Waals surface area (Å²) in [6.45, 7) is 2.57. The Labute approximate surface area is 119 Å². The fraction of sp³-hybridized carbons (Fsp3) is 0.500. The van der Waals surface area contributed by atoms with E-state index in [9.17, 15) is 13.6 Å². The third-order valence-electron chi connectivity index (χ3n) is 3.39. The van der Waals surface area contributed by atoms with Gasteiger partial charge in [0, 0.05) is 13.0 Å². The Morgan fingerprint density at radius 1 is 1.42 bits per heavy atom. The van der Waals surface area contributed by atoms with Crippen molar-refractivity contribution in [3.8, 4) is 0 Å². The monoisotopic (exact) mass is 332 g/mol. The van der Waals surface area contributed by atoms with Gasteiger partial charge in [0.1, 0.15) is 5.82 Å². The maximum absolute atomic E-state index is 13.8. The molecule has 0 aliphatic heterocycles. The number of ether oxygens (including phenoxy) is 1. The van der Waals surface area contributed by atoms with Crippen LogP contribution in [-0.4, -0.2) is 18.5 Å². The van der Waals surface area contributed by atoms with Gasteiger partial charge in [0.05, 0.1) is 16.1 Å². The average molecular weight is 333 g/mol. The van der Waals surface area contributed by atoms with Crippen LogP contribution in [0.5, 0.6) is 0 Å². The van der Waals surface area contributed by atoms with E-state index >= 15 is 0 Å². The average Bonchev–Trinajstić information content (AvgIpc) is 2.32. The van der Waals surface area contributed by atoms with Gasteiger partial charge in [-0.2, -0.15) is 0 Å². The van der Waals surface area contributed by atoms with Crippen LogP contribution in [0.3, 0.4) is 0 Å². The van der Waals surface area contributed by atoms with E-state index in [4.69, 9.17) is 4.74 Å². The lowest BCUT2D eigenvalue weighted by atomic mass is 9.78. The maximum atomic E-state index is 13.8. The predicted molar refractivity (Wildman–Crippen MR) is 71.1 cm³/mol. The van der Waals surface area contributed by atoms with E-state index in [2.05, 4.69) is 15.9 Å². The van der Waals surface area contributed by atoms with Crippen LogP contribution in [0.25, 0.3) is 0 Å². The van der Waals surface area contributed by atoms with E-state index in [1.54, 1.807) is 0 Å².